The number of aldehydes is 1. The number of amides is 1. The third-order valence-corrected chi connectivity index (χ3v) is 7.96. The van der Waals surface area contributed by atoms with Gasteiger partial charge in [0.15, 0.2) is 0 Å². The molecule has 0 unspecified atom stereocenters. The fourth-order valence-corrected chi connectivity index (χ4v) is 5.07. The predicted molar refractivity (Wildman–Crippen MR) is 174 cm³/mol. The summed E-state index contributed by atoms with van der Waals surface area (Å²) in [4.78, 5) is 38.3. The molecular formula is C27H29Br2F3N6O3S2. The standard InChI is InChI=1S/C15H18BrN3O2S.C10H10BrN3S.C2HF3O/c1-8-6-10(22-5)19-13-11(16)9(7-17-12(8)13)18-14(20)21-15(2,3)4;1-5-3-7(15-2)14-10-8(11)6(12)4-13-9(5)10;3-2(4,5)1-6/h6-7H,1-5H3,(H,18,20);3-4H,12H2,1-2H3;1H. The molecule has 4 rings (SSSR count). The first kappa shape index (κ1) is 36.5. The summed E-state index contributed by atoms with van der Waals surface area (Å²) in [6, 6.07) is 4.02. The van der Waals surface area contributed by atoms with Crippen LogP contribution in [0.15, 0.2) is 43.5 Å². The minimum atomic E-state index is -4.64. The quantitative estimate of drug-likeness (QED) is 0.155. The first-order chi connectivity index (χ1) is 19.9. The minimum absolute atomic E-state index is 0.521. The highest BCUT2D eigenvalue weighted by atomic mass is 79.9. The van der Waals surface area contributed by atoms with Crippen LogP contribution in [0.2, 0.25) is 0 Å². The molecule has 0 atom stereocenters. The summed E-state index contributed by atoms with van der Waals surface area (Å²) < 4.78 is 38.0. The third-order valence-electron chi connectivity index (χ3n) is 5.07. The molecule has 9 nitrogen and oxygen atoms in total. The third kappa shape index (κ3) is 10.8. The first-order valence-corrected chi connectivity index (χ1v) is 16.2. The van der Waals surface area contributed by atoms with E-state index in [4.69, 9.17) is 15.3 Å². The first-order valence-electron chi connectivity index (χ1n) is 12.2. The molecular weight excluding hydrogens is 737 g/mol. The van der Waals surface area contributed by atoms with E-state index >= 15 is 0 Å². The summed E-state index contributed by atoms with van der Waals surface area (Å²) in [5.41, 5.74) is 11.8. The zero-order valence-corrected chi connectivity index (χ0v) is 29.0. The van der Waals surface area contributed by atoms with E-state index in [9.17, 15) is 18.0 Å². The van der Waals surface area contributed by atoms with E-state index < -0.39 is 24.2 Å². The van der Waals surface area contributed by atoms with Gasteiger partial charge in [-0.3, -0.25) is 20.1 Å². The number of anilines is 2. The van der Waals surface area contributed by atoms with Crippen molar-refractivity contribution < 1.29 is 27.5 Å². The number of thioether (sulfide) groups is 2. The number of rotatable bonds is 3. The van der Waals surface area contributed by atoms with Crippen molar-refractivity contribution in [1.82, 2.24) is 19.9 Å². The Hall–Kier alpha value is -2.69. The van der Waals surface area contributed by atoms with Crippen LogP contribution in [0.5, 0.6) is 0 Å². The van der Waals surface area contributed by atoms with Crippen LogP contribution in [0.25, 0.3) is 22.1 Å². The lowest BCUT2D eigenvalue weighted by molar-refractivity contribution is -0.156. The van der Waals surface area contributed by atoms with Gasteiger partial charge in [-0.25, -0.2) is 14.8 Å². The van der Waals surface area contributed by atoms with Crippen molar-refractivity contribution in [2.24, 2.45) is 0 Å². The fraction of sp³-hybridized carbons (Fsp3) is 0.333. The molecule has 4 heterocycles. The molecule has 232 valence electrons. The van der Waals surface area contributed by atoms with Crippen LogP contribution in [0.1, 0.15) is 31.9 Å². The van der Waals surface area contributed by atoms with Crippen molar-refractivity contribution in [2.75, 3.05) is 23.6 Å². The van der Waals surface area contributed by atoms with Gasteiger partial charge in [-0.05, 0) is 102 Å². The largest absolute Gasteiger partial charge is 0.446 e. The maximum atomic E-state index is 11.9. The van der Waals surface area contributed by atoms with Crippen molar-refractivity contribution in [3.8, 4) is 0 Å². The fourth-order valence-electron chi connectivity index (χ4n) is 3.25. The molecule has 0 radical (unpaired) electrons. The SMILES string of the molecule is CSc1cc(C)c2ncc(N)c(Br)c2n1.CSc1cc(C)c2ncc(NC(=O)OC(C)(C)C)c(Br)c2n1.O=CC(F)(F)F. The summed E-state index contributed by atoms with van der Waals surface area (Å²) >= 11 is 10.1. The highest BCUT2D eigenvalue weighted by Crippen LogP contribution is 2.32. The topological polar surface area (TPSA) is 133 Å². The number of carbonyl (C=O) groups is 2. The summed E-state index contributed by atoms with van der Waals surface area (Å²) in [6.07, 6.45) is 1.00. The Kier molecular flexibility index (Phi) is 13.0. The van der Waals surface area contributed by atoms with Gasteiger partial charge in [0.2, 0.25) is 6.29 Å². The second-order valence-electron chi connectivity index (χ2n) is 9.66. The van der Waals surface area contributed by atoms with Crippen molar-refractivity contribution >= 4 is 101 Å². The summed E-state index contributed by atoms with van der Waals surface area (Å²) in [7, 11) is 0. The number of aryl methyl sites for hydroxylation is 2. The van der Waals surface area contributed by atoms with Crippen LogP contribution in [0.4, 0.5) is 29.3 Å². The Morgan fingerprint density at radius 1 is 0.907 bits per heavy atom. The molecule has 0 aromatic carbocycles. The number of nitrogens with one attached hydrogen (secondary N) is 1. The number of fused-ring (bicyclic) bond motifs is 2. The lowest BCUT2D eigenvalue weighted by Crippen LogP contribution is -2.27. The number of pyridine rings is 4. The highest BCUT2D eigenvalue weighted by molar-refractivity contribution is 9.11. The van der Waals surface area contributed by atoms with Crippen LogP contribution >= 0.6 is 55.4 Å². The van der Waals surface area contributed by atoms with Crippen LogP contribution in [-0.4, -0.2) is 56.6 Å². The van der Waals surface area contributed by atoms with E-state index in [1.54, 1.807) is 35.9 Å². The highest BCUT2D eigenvalue weighted by Gasteiger charge is 2.25. The molecule has 0 fully saturated rings. The number of nitrogens with two attached hydrogens (primary N) is 1. The van der Waals surface area contributed by atoms with Crippen molar-refractivity contribution in [1.29, 1.82) is 0 Å². The number of hydrogen-bond acceptors (Lipinski definition) is 10. The van der Waals surface area contributed by atoms with Gasteiger partial charge < -0.3 is 10.5 Å². The molecule has 1 amide bonds. The Bertz CT molecular complexity index is 1640. The second-order valence-corrected chi connectivity index (χ2v) is 12.9. The summed E-state index contributed by atoms with van der Waals surface area (Å²) in [6.45, 7) is 9.46. The zero-order chi connectivity index (χ0) is 32.7. The van der Waals surface area contributed by atoms with E-state index in [-0.39, 0.29) is 0 Å². The Morgan fingerprint density at radius 2 is 1.35 bits per heavy atom. The average molecular weight is 767 g/mol. The monoisotopic (exact) mass is 764 g/mol. The van der Waals surface area contributed by atoms with E-state index in [0.29, 0.717) is 15.8 Å². The smallest absolute Gasteiger partial charge is 0.444 e. The lowest BCUT2D eigenvalue weighted by atomic mass is 10.2. The number of alkyl halides is 3. The molecule has 4 aromatic heterocycles. The van der Waals surface area contributed by atoms with Gasteiger partial charge in [0.05, 0.1) is 53.8 Å². The minimum Gasteiger partial charge on any atom is -0.444 e. The number of halogens is 5. The Morgan fingerprint density at radius 3 is 1.77 bits per heavy atom. The van der Waals surface area contributed by atoms with Crippen molar-refractivity contribution in [3.05, 3.63) is 44.6 Å². The molecule has 3 N–H and O–H groups in total. The number of ether oxygens (including phenoxy) is 1. The van der Waals surface area contributed by atoms with Crippen LogP contribution in [-0.2, 0) is 9.53 Å². The van der Waals surface area contributed by atoms with E-state index in [1.807, 2.05) is 59.3 Å². The normalized spacial score (nSPS) is 11.3. The van der Waals surface area contributed by atoms with Crippen LogP contribution in [0, 0.1) is 13.8 Å². The molecule has 16 heteroatoms. The molecule has 0 aliphatic rings. The second kappa shape index (κ2) is 15.3. The Balaban J connectivity index is 0.000000264. The maximum absolute atomic E-state index is 11.9. The van der Waals surface area contributed by atoms with Crippen LogP contribution < -0.4 is 11.1 Å². The van der Waals surface area contributed by atoms with Crippen molar-refractivity contribution in [2.45, 2.75) is 56.4 Å². The van der Waals surface area contributed by atoms with Gasteiger partial charge in [-0.15, -0.1) is 23.5 Å². The van der Waals surface area contributed by atoms with Gasteiger partial charge in [0.1, 0.15) is 16.6 Å². The van der Waals surface area contributed by atoms with Crippen molar-refractivity contribution in [3.63, 3.8) is 0 Å². The zero-order valence-electron chi connectivity index (χ0n) is 24.2. The summed E-state index contributed by atoms with van der Waals surface area (Å²) in [5, 5.41) is 4.58. The molecule has 0 aliphatic heterocycles. The maximum Gasteiger partial charge on any atom is 0.446 e. The number of hydrogen-bond donors (Lipinski definition) is 2. The molecule has 43 heavy (non-hydrogen) atoms. The van der Waals surface area contributed by atoms with E-state index in [1.165, 1.54) is 0 Å². The molecule has 4 aromatic rings. The molecule has 0 saturated carbocycles. The van der Waals surface area contributed by atoms with Crippen LogP contribution in [0.3, 0.4) is 0 Å². The van der Waals surface area contributed by atoms with Gasteiger partial charge in [0.25, 0.3) is 0 Å². The molecule has 0 saturated heterocycles. The van der Waals surface area contributed by atoms with Gasteiger partial charge in [-0.1, -0.05) is 0 Å². The molecule has 0 aliphatic carbocycles. The van der Waals surface area contributed by atoms with Gasteiger partial charge in [0, 0.05) is 0 Å². The Labute approximate surface area is 272 Å². The number of nitrogen functional groups attached to an aromatic ring is 1. The van der Waals surface area contributed by atoms with Gasteiger partial charge in [-0.2, -0.15) is 13.2 Å². The number of nitrogens with zero attached hydrogens (tertiary/aromatic N) is 4. The lowest BCUT2D eigenvalue weighted by Gasteiger charge is -2.20. The van der Waals surface area contributed by atoms with Gasteiger partial charge >= 0.3 is 12.3 Å². The predicted octanol–water partition coefficient (Wildman–Crippen LogP) is 8.52. The molecule has 0 bridgehead atoms. The van der Waals surface area contributed by atoms with E-state index in [2.05, 4.69) is 57.1 Å². The molecule has 0 spiro atoms. The number of carbonyl (C=O) groups excluding carboxylic acids is 2. The van der Waals surface area contributed by atoms with E-state index in [0.717, 1.165) is 47.7 Å². The summed E-state index contributed by atoms with van der Waals surface area (Å²) in [5.74, 6) is 0. The number of aromatic nitrogens is 4. The average Bonchev–Trinajstić information content (AvgIpc) is 2.91.